The second-order valence-corrected chi connectivity index (χ2v) is 6.81. The molecule has 1 aromatic heterocycles. The number of aromatic nitrogens is 2. The minimum absolute atomic E-state index is 0.0541. The van der Waals surface area contributed by atoms with Crippen LogP contribution in [-0.2, 0) is 22.6 Å². The van der Waals surface area contributed by atoms with Gasteiger partial charge >= 0.3 is 0 Å². The van der Waals surface area contributed by atoms with Gasteiger partial charge in [0.2, 0.25) is 18.6 Å². The molecule has 0 unspecified atom stereocenters. The summed E-state index contributed by atoms with van der Waals surface area (Å²) in [5, 5.41) is 5.69. The van der Waals surface area contributed by atoms with Crippen LogP contribution in [0.1, 0.15) is 19.2 Å². The largest absolute Gasteiger partial charge is 0.454 e. The monoisotopic (exact) mass is 394 g/mol. The summed E-state index contributed by atoms with van der Waals surface area (Å²) < 4.78 is 12.6. The molecule has 1 aliphatic rings. The van der Waals surface area contributed by atoms with Crippen LogP contribution in [0.4, 0.5) is 5.69 Å². The van der Waals surface area contributed by atoms with E-state index in [0.717, 1.165) is 23.3 Å². The summed E-state index contributed by atoms with van der Waals surface area (Å²) in [5.74, 6) is 1.90. The first kappa shape index (κ1) is 18.8. The first-order valence-electron chi connectivity index (χ1n) is 9.48. The molecule has 8 nitrogen and oxygen atoms in total. The molecule has 2 N–H and O–H groups in total. The predicted octanol–water partition coefficient (Wildman–Crippen LogP) is 2.47. The van der Waals surface area contributed by atoms with Crippen molar-refractivity contribution in [3.05, 3.63) is 48.3 Å². The van der Waals surface area contributed by atoms with Crippen LogP contribution in [0.5, 0.6) is 11.5 Å². The number of hydrogen-bond donors (Lipinski definition) is 2. The highest BCUT2D eigenvalue weighted by Crippen LogP contribution is 2.34. The Morgan fingerprint density at radius 1 is 1.14 bits per heavy atom. The Kier molecular flexibility index (Phi) is 5.33. The second kappa shape index (κ2) is 8.22. The number of ether oxygens (including phenoxy) is 2. The number of nitrogens with zero attached hydrogens (tertiary/aromatic N) is 2. The molecule has 0 saturated carbocycles. The molecule has 0 radical (unpaired) electrons. The molecule has 0 aliphatic carbocycles. The van der Waals surface area contributed by atoms with Crippen molar-refractivity contribution in [2.24, 2.45) is 0 Å². The quantitative estimate of drug-likeness (QED) is 0.601. The van der Waals surface area contributed by atoms with Gasteiger partial charge in [0.05, 0.1) is 11.0 Å². The molecule has 150 valence electrons. The number of amides is 2. The topological polar surface area (TPSA) is 94.5 Å². The fourth-order valence-corrected chi connectivity index (χ4v) is 3.32. The fraction of sp³-hybridized carbons (Fsp3) is 0.286. The van der Waals surface area contributed by atoms with Crippen LogP contribution in [0.2, 0.25) is 0 Å². The molecular formula is C21H22N4O4. The number of imidazole rings is 1. The molecule has 3 aromatic rings. The number of carbonyl (C=O) groups is 2. The zero-order valence-corrected chi connectivity index (χ0v) is 16.1. The summed E-state index contributed by atoms with van der Waals surface area (Å²) in [6, 6.07) is 13.0. The van der Waals surface area contributed by atoms with E-state index in [1.165, 1.54) is 6.92 Å². The number of anilines is 1. The summed E-state index contributed by atoms with van der Waals surface area (Å²) in [4.78, 5) is 28.4. The number of nitrogens with one attached hydrogen (secondary N) is 2. The van der Waals surface area contributed by atoms with Gasteiger partial charge < -0.3 is 24.7 Å². The van der Waals surface area contributed by atoms with E-state index in [9.17, 15) is 9.59 Å². The zero-order chi connectivity index (χ0) is 20.2. The molecule has 1 aliphatic heterocycles. The lowest BCUT2D eigenvalue weighted by molar-refractivity contribution is -0.119. The van der Waals surface area contributed by atoms with Gasteiger partial charge in [-0.3, -0.25) is 9.59 Å². The van der Waals surface area contributed by atoms with Crippen LogP contribution in [0, 0.1) is 0 Å². The van der Waals surface area contributed by atoms with Crippen molar-refractivity contribution in [3.63, 3.8) is 0 Å². The molecule has 0 spiro atoms. The van der Waals surface area contributed by atoms with Gasteiger partial charge in [-0.1, -0.05) is 12.1 Å². The molecule has 29 heavy (non-hydrogen) atoms. The number of carbonyl (C=O) groups excluding carboxylic acids is 2. The van der Waals surface area contributed by atoms with Gasteiger partial charge in [0.1, 0.15) is 12.4 Å². The van der Waals surface area contributed by atoms with Gasteiger partial charge in [-0.15, -0.1) is 0 Å². The maximum Gasteiger partial charge on any atom is 0.244 e. The predicted molar refractivity (Wildman–Crippen MR) is 108 cm³/mol. The van der Waals surface area contributed by atoms with Crippen LogP contribution in [0.25, 0.3) is 11.0 Å². The Morgan fingerprint density at radius 2 is 1.97 bits per heavy atom. The molecule has 0 fully saturated rings. The van der Waals surface area contributed by atoms with E-state index in [2.05, 4.69) is 15.6 Å². The van der Waals surface area contributed by atoms with Crippen LogP contribution in [0.3, 0.4) is 0 Å². The summed E-state index contributed by atoms with van der Waals surface area (Å²) in [6.45, 7) is 2.40. The third kappa shape index (κ3) is 4.31. The molecule has 4 rings (SSSR count). The van der Waals surface area contributed by atoms with Gasteiger partial charge in [-0.05, 0) is 30.7 Å². The van der Waals surface area contributed by atoms with Crippen molar-refractivity contribution in [3.8, 4) is 11.5 Å². The van der Waals surface area contributed by atoms with Crippen molar-refractivity contribution < 1.29 is 19.1 Å². The number of para-hydroxylation sites is 2. The highest BCUT2D eigenvalue weighted by molar-refractivity contribution is 5.92. The van der Waals surface area contributed by atoms with Crippen LogP contribution in [0.15, 0.2) is 42.5 Å². The lowest BCUT2D eigenvalue weighted by atomic mass is 10.2. The average Bonchev–Trinajstić information content (AvgIpc) is 3.29. The number of hydrogen-bond acceptors (Lipinski definition) is 5. The van der Waals surface area contributed by atoms with Crippen molar-refractivity contribution >= 4 is 28.5 Å². The van der Waals surface area contributed by atoms with Gasteiger partial charge in [-0.2, -0.15) is 0 Å². The average molecular weight is 394 g/mol. The molecule has 2 amide bonds. The second-order valence-electron chi connectivity index (χ2n) is 6.81. The Bertz CT molecular complexity index is 1060. The number of rotatable bonds is 7. The van der Waals surface area contributed by atoms with Gasteiger partial charge in [0, 0.05) is 31.6 Å². The van der Waals surface area contributed by atoms with Crippen LogP contribution >= 0.6 is 0 Å². The summed E-state index contributed by atoms with van der Waals surface area (Å²) in [5.41, 5.74) is 2.40. The normalized spacial score (nSPS) is 12.2. The van der Waals surface area contributed by atoms with Crippen molar-refractivity contribution in [1.82, 2.24) is 14.9 Å². The molecule has 0 atom stereocenters. The highest BCUT2D eigenvalue weighted by atomic mass is 16.7. The Labute approximate surface area is 167 Å². The van der Waals surface area contributed by atoms with E-state index < -0.39 is 0 Å². The van der Waals surface area contributed by atoms with Crippen molar-refractivity contribution in [2.45, 2.75) is 26.3 Å². The maximum absolute atomic E-state index is 12.7. The summed E-state index contributed by atoms with van der Waals surface area (Å²) in [7, 11) is 0. The number of benzene rings is 2. The highest BCUT2D eigenvalue weighted by Gasteiger charge is 2.16. The summed E-state index contributed by atoms with van der Waals surface area (Å²) in [6.07, 6.45) is 1.40. The third-order valence-electron chi connectivity index (χ3n) is 4.64. The smallest absolute Gasteiger partial charge is 0.244 e. The molecule has 0 saturated heterocycles. The van der Waals surface area contributed by atoms with Crippen molar-refractivity contribution in [2.75, 3.05) is 18.7 Å². The Morgan fingerprint density at radius 3 is 2.83 bits per heavy atom. The van der Waals surface area contributed by atoms with E-state index >= 15 is 0 Å². The van der Waals surface area contributed by atoms with E-state index in [1.54, 1.807) is 18.2 Å². The number of fused-ring (bicyclic) bond motifs is 2. The van der Waals surface area contributed by atoms with E-state index in [0.29, 0.717) is 30.2 Å². The first-order valence-corrected chi connectivity index (χ1v) is 9.48. The minimum Gasteiger partial charge on any atom is -0.454 e. The van der Waals surface area contributed by atoms with Gasteiger partial charge in [-0.25, -0.2) is 4.98 Å². The number of aryl methyl sites for hydroxylation is 1. The Hall–Kier alpha value is -3.55. The standard InChI is InChI=1S/C21H22N4O4/c1-14(26)22-10-4-7-20-24-16-5-2-3-6-17(16)25(20)12-21(27)23-15-8-9-18-19(11-15)29-13-28-18/h2-3,5-6,8-9,11H,4,7,10,12-13H2,1H3,(H,22,26)(H,23,27). The zero-order valence-electron chi connectivity index (χ0n) is 16.1. The first-order chi connectivity index (χ1) is 14.1. The lowest BCUT2D eigenvalue weighted by Gasteiger charge is -2.11. The molecular weight excluding hydrogens is 372 g/mol. The lowest BCUT2D eigenvalue weighted by Crippen LogP contribution is -2.23. The van der Waals surface area contributed by atoms with E-state index in [4.69, 9.17) is 9.47 Å². The van der Waals surface area contributed by atoms with E-state index in [1.807, 2.05) is 28.8 Å². The fourth-order valence-electron chi connectivity index (χ4n) is 3.32. The summed E-state index contributed by atoms with van der Waals surface area (Å²) >= 11 is 0. The Balaban J connectivity index is 1.49. The SMILES string of the molecule is CC(=O)NCCCc1nc2ccccc2n1CC(=O)Nc1ccc2c(c1)OCO2. The molecule has 8 heteroatoms. The molecule has 2 heterocycles. The molecule has 2 aromatic carbocycles. The third-order valence-corrected chi connectivity index (χ3v) is 4.64. The minimum atomic E-state index is -0.157. The van der Waals surface area contributed by atoms with Gasteiger partial charge in [0.25, 0.3) is 0 Å². The van der Waals surface area contributed by atoms with Crippen LogP contribution < -0.4 is 20.1 Å². The van der Waals surface area contributed by atoms with Gasteiger partial charge in [0.15, 0.2) is 11.5 Å². The molecule has 0 bridgehead atoms. The van der Waals surface area contributed by atoms with Crippen LogP contribution in [-0.4, -0.2) is 34.7 Å². The maximum atomic E-state index is 12.7. The van der Waals surface area contributed by atoms with E-state index in [-0.39, 0.29) is 25.2 Å². The van der Waals surface area contributed by atoms with Crippen molar-refractivity contribution in [1.29, 1.82) is 0 Å².